The van der Waals surface area contributed by atoms with Crippen molar-refractivity contribution in [3.05, 3.63) is 53.1 Å². The Morgan fingerprint density at radius 3 is 2.39 bits per heavy atom. The Bertz CT molecular complexity index is 963. The van der Waals surface area contributed by atoms with Gasteiger partial charge in [0.1, 0.15) is 36.9 Å². The van der Waals surface area contributed by atoms with Crippen LogP contribution in [0.2, 0.25) is 0 Å². The van der Waals surface area contributed by atoms with Crippen LogP contribution >= 0.6 is 0 Å². The Hall–Kier alpha value is -2.90. The minimum Gasteiger partial charge on any atom is -0.491 e. The van der Waals surface area contributed by atoms with Crippen molar-refractivity contribution >= 4 is 17.5 Å². The number of carbonyl (C=O) groups excluding carboxylic acids is 2. The molecule has 2 unspecified atom stereocenters. The van der Waals surface area contributed by atoms with E-state index in [1.165, 1.54) is 4.90 Å². The number of aryl methyl sites for hydroxylation is 1. The van der Waals surface area contributed by atoms with Crippen LogP contribution in [-0.4, -0.2) is 50.4 Å². The third-order valence-corrected chi connectivity index (χ3v) is 4.95. The molecule has 2 atom stereocenters. The van der Waals surface area contributed by atoms with Crippen LogP contribution in [-0.2, 0) is 9.47 Å². The van der Waals surface area contributed by atoms with Crippen molar-refractivity contribution in [1.29, 1.82) is 0 Å². The number of benzene rings is 2. The first-order valence-corrected chi connectivity index (χ1v) is 9.23. The van der Waals surface area contributed by atoms with Crippen LogP contribution < -0.4 is 14.4 Å². The van der Waals surface area contributed by atoms with E-state index in [2.05, 4.69) is 0 Å². The summed E-state index contributed by atoms with van der Waals surface area (Å²) in [5.74, 6) is 0.365. The van der Waals surface area contributed by atoms with E-state index in [0.717, 1.165) is 12.2 Å². The predicted octanol–water partition coefficient (Wildman–Crippen LogP) is 2.35. The quantitative estimate of drug-likeness (QED) is 0.541. The highest BCUT2D eigenvalue weighted by Crippen LogP contribution is 2.36. The van der Waals surface area contributed by atoms with Gasteiger partial charge in [0.15, 0.2) is 0 Å². The number of epoxide rings is 2. The van der Waals surface area contributed by atoms with E-state index in [1.54, 1.807) is 30.3 Å². The van der Waals surface area contributed by atoms with Gasteiger partial charge in [-0.3, -0.25) is 9.59 Å². The summed E-state index contributed by atoms with van der Waals surface area (Å²) in [5, 5.41) is 0. The van der Waals surface area contributed by atoms with Crippen molar-refractivity contribution in [3.8, 4) is 11.5 Å². The molecule has 2 fully saturated rings. The maximum Gasteiger partial charge on any atom is 0.269 e. The maximum absolute atomic E-state index is 13.1. The van der Waals surface area contributed by atoms with Crippen LogP contribution in [0.3, 0.4) is 0 Å². The Labute approximate surface area is 161 Å². The minimum atomic E-state index is -0.379. The molecular weight excluding hydrogens is 362 g/mol. The summed E-state index contributed by atoms with van der Waals surface area (Å²) < 4.78 is 21.7. The van der Waals surface area contributed by atoms with Gasteiger partial charge in [-0.1, -0.05) is 6.07 Å². The van der Waals surface area contributed by atoms with Crippen LogP contribution in [0.5, 0.6) is 11.5 Å². The minimum absolute atomic E-state index is 0.0648. The second-order valence-electron chi connectivity index (χ2n) is 7.11. The summed E-state index contributed by atoms with van der Waals surface area (Å²) in [5.41, 5.74) is 1.97. The number of ether oxygens (including phenoxy) is 4. The van der Waals surface area contributed by atoms with Crippen LogP contribution in [0.25, 0.3) is 0 Å². The first kappa shape index (κ1) is 17.2. The summed E-state index contributed by atoms with van der Waals surface area (Å²) in [4.78, 5) is 27.2. The highest BCUT2D eigenvalue weighted by molar-refractivity contribution is 6.35. The van der Waals surface area contributed by atoms with Gasteiger partial charge in [0, 0.05) is 0 Å². The molecule has 0 spiro atoms. The number of rotatable bonds is 7. The zero-order valence-electron chi connectivity index (χ0n) is 15.3. The van der Waals surface area contributed by atoms with Crippen molar-refractivity contribution in [3.63, 3.8) is 0 Å². The second-order valence-corrected chi connectivity index (χ2v) is 7.11. The van der Waals surface area contributed by atoms with Gasteiger partial charge in [0.05, 0.1) is 30.0 Å². The number of imide groups is 1. The summed E-state index contributed by atoms with van der Waals surface area (Å²) in [6.07, 6.45) is 0.227. The van der Waals surface area contributed by atoms with Gasteiger partial charge >= 0.3 is 0 Å². The molecule has 3 aliphatic rings. The average molecular weight is 381 g/mol. The van der Waals surface area contributed by atoms with Gasteiger partial charge in [-0.25, -0.2) is 4.90 Å². The van der Waals surface area contributed by atoms with Gasteiger partial charge in [-0.05, 0) is 42.8 Å². The maximum atomic E-state index is 13.1. The van der Waals surface area contributed by atoms with Crippen molar-refractivity contribution in [1.82, 2.24) is 0 Å². The van der Waals surface area contributed by atoms with E-state index >= 15 is 0 Å². The smallest absolute Gasteiger partial charge is 0.269 e. The Kier molecular flexibility index (Phi) is 4.07. The summed E-state index contributed by atoms with van der Waals surface area (Å²) in [6, 6.07) is 10.4. The van der Waals surface area contributed by atoms with E-state index in [0.29, 0.717) is 48.1 Å². The molecule has 0 aliphatic carbocycles. The van der Waals surface area contributed by atoms with E-state index in [4.69, 9.17) is 18.9 Å². The zero-order chi connectivity index (χ0) is 19.3. The van der Waals surface area contributed by atoms with Crippen molar-refractivity contribution < 1.29 is 28.5 Å². The molecule has 3 heterocycles. The number of amides is 2. The lowest BCUT2D eigenvalue weighted by molar-refractivity contribution is 0.0924. The topological polar surface area (TPSA) is 80.9 Å². The summed E-state index contributed by atoms with van der Waals surface area (Å²) >= 11 is 0. The molecule has 0 N–H and O–H groups in total. The third-order valence-electron chi connectivity index (χ3n) is 4.95. The molecular formula is C21H19NO6. The zero-order valence-corrected chi connectivity index (χ0v) is 15.3. The molecule has 28 heavy (non-hydrogen) atoms. The molecule has 3 aliphatic heterocycles. The van der Waals surface area contributed by atoms with Gasteiger partial charge < -0.3 is 18.9 Å². The summed E-state index contributed by atoms with van der Waals surface area (Å²) in [7, 11) is 0. The molecule has 2 aromatic rings. The average Bonchev–Trinajstić information content (AvgIpc) is 3.60. The van der Waals surface area contributed by atoms with Crippen LogP contribution in [0.15, 0.2) is 36.4 Å². The van der Waals surface area contributed by atoms with E-state index in [9.17, 15) is 9.59 Å². The first-order chi connectivity index (χ1) is 13.6. The largest absolute Gasteiger partial charge is 0.491 e. The SMILES string of the molecule is Cc1cc(OCC2CO2)ccc1N1C(=O)c2cccc(OCC3CO3)c2C1=O. The summed E-state index contributed by atoms with van der Waals surface area (Å²) in [6.45, 7) is 4.10. The fraction of sp³-hybridized carbons (Fsp3) is 0.333. The van der Waals surface area contributed by atoms with Crippen LogP contribution in [0.1, 0.15) is 26.3 Å². The highest BCUT2D eigenvalue weighted by Gasteiger charge is 2.40. The van der Waals surface area contributed by atoms with Crippen molar-refractivity contribution in [2.24, 2.45) is 0 Å². The van der Waals surface area contributed by atoms with Gasteiger partial charge in [0.2, 0.25) is 0 Å². The number of hydrogen-bond acceptors (Lipinski definition) is 6. The number of hydrogen-bond donors (Lipinski definition) is 0. The molecule has 2 amide bonds. The van der Waals surface area contributed by atoms with Gasteiger partial charge in [-0.2, -0.15) is 0 Å². The normalized spacial score (nSPS) is 22.2. The van der Waals surface area contributed by atoms with Crippen LogP contribution in [0, 0.1) is 6.92 Å². The lowest BCUT2D eigenvalue weighted by atomic mass is 10.1. The number of nitrogens with zero attached hydrogens (tertiary/aromatic N) is 1. The number of anilines is 1. The fourth-order valence-corrected chi connectivity index (χ4v) is 3.26. The molecule has 0 aromatic heterocycles. The molecule has 0 bridgehead atoms. The van der Waals surface area contributed by atoms with Crippen molar-refractivity contribution in [2.45, 2.75) is 19.1 Å². The second kappa shape index (κ2) is 6.61. The third kappa shape index (κ3) is 3.12. The Morgan fingerprint density at radius 1 is 1.00 bits per heavy atom. The molecule has 7 heteroatoms. The Morgan fingerprint density at radius 2 is 1.71 bits per heavy atom. The molecule has 5 rings (SSSR count). The molecule has 0 radical (unpaired) electrons. The molecule has 2 aromatic carbocycles. The molecule has 7 nitrogen and oxygen atoms in total. The van der Waals surface area contributed by atoms with Gasteiger partial charge in [-0.15, -0.1) is 0 Å². The Balaban J connectivity index is 1.41. The number of fused-ring (bicyclic) bond motifs is 1. The lowest BCUT2D eigenvalue weighted by Crippen LogP contribution is -2.30. The lowest BCUT2D eigenvalue weighted by Gasteiger charge is -2.17. The molecule has 0 saturated carbocycles. The van der Waals surface area contributed by atoms with Gasteiger partial charge in [0.25, 0.3) is 11.8 Å². The van der Waals surface area contributed by atoms with E-state index in [-0.39, 0.29) is 24.0 Å². The standard InChI is InChI=1S/C21H19NO6/c1-12-7-13(25-8-14-9-26-14)5-6-17(12)22-20(23)16-3-2-4-18(19(16)21(22)24)28-11-15-10-27-15/h2-7,14-15H,8-11H2,1H3. The van der Waals surface area contributed by atoms with E-state index < -0.39 is 0 Å². The number of carbonyl (C=O) groups is 2. The van der Waals surface area contributed by atoms with Crippen LogP contribution in [0.4, 0.5) is 5.69 Å². The monoisotopic (exact) mass is 381 g/mol. The predicted molar refractivity (Wildman–Crippen MR) is 99.2 cm³/mol. The highest BCUT2D eigenvalue weighted by atomic mass is 16.6. The molecule has 144 valence electrons. The van der Waals surface area contributed by atoms with Crippen molar-refractivity contribution in [2.75, 3.05) is 31.3 Å². The molecule has 2 saturated heterocycles. The van der Waals surface area contributed by atoms with E-state index in [1.807, 2.05) is 13.0 Å². The first-order valence-electron chi connectivity index (χ1n) is 9.23. The fourth-order valence-electron chi connectivity index (χ4n) is 3.26.